The number of carbonyl (C=O) groups excluding carboxylic acids is 1. The molecule has 0 radical (unpaired) electrons. The van der Waals surface area contributed by atoms with Gasteiger partial charge in [0, 0.05) is 18.6 Å². The maximum atomic E-state index is 13.6. The third-order valence-corrected chi connectivity index (χ3v) is 5.51. The first-order valence-electron chi connectivity index (χ1n) is 10.2. The number of alkyl halides is 3. The zero-order chi connectivity index (χ0) is 23.6. The van der Waals surface area contributed by atoms with Crippen molar-refractivity contribution in [3.63, 3.8) is 0 Å². The Morgan fingerprint density at radius 2 is 1.67 bits per heavy atom. The van der Waals surface area contributed by atoms with E-state index >= 15 is 0 Å². The highest BCUT2D eigenvalue weighted by atomic mass is 19.4. The monoisotopic (exact) mass is 450 g/mol. The quantitative estimate of drug-likeness (QED) is 0.367. The van der Waals surface area contributed by atoms with Gasteiger partial charge in [0.2, 0.25) is 5.91 Å². The predicted molar refractivity (Wildman–Crippen MR) is 122 cm³/mol. The van der Waals surface area contributed by atoms with Crippen LogP contribution < -0.4 is 9.64 Å². The zero-order valence-electron chi connectivity index (χ0n) is 18.1. The number of aromatic nitrogens is 1. The number of benzene rings is 3. The Hall–Kier alpha value is -3.87. The smallest absolute Gasteiger partial charge is 0.418 e. The fourth-order valence-electron chi connectivity index (χ4n) is 3.90. The number of hydrogen-bond donors (Lipinski definition) is 0. The summed E-state index contributed by atoms with van der Waals surface area (Å²) in [7, 11) is 3.16. The fourth-order valence-corrected chi connectivity index (χ4v) is 3.90. The van der Waals surface area contributed by atoms with E-state index < -0.39 is 11.7 Å². The van der Waals surface area contributed by atoms with E-state index in [9.17, 15) is 18.0 Å². The number of anilines is 1. The van der Waals surface area contributed by atoms with Crippen LogP contribution in [0.25, 0.3) is 22.0 Å². The molecule has 1 aromatic heterocycles. The SMILES string of the molecule is COc1ccccc1N(C)C(=O)Cc1cnc2c(C(F)(F)F)cccc2c1-c1ccccc1. The van der Waals surface area contributed by atoms with Crippen LogP contribution in [0.5, 0.6) is 5.75 Å². The van der Waals surface area contributed by atoms with Gasteiger partial charge in [0.25, 0.3) is 0 Å². The number of hydrogen-bond acceptors (Lipinski definition) is 3. The van der Waals surface area contributed by atoms with Gasteiger partial charge in [-0.05, 0) is 34.9 Å². The number of nitrogens with zero attached hydrogens (tertiary/aromatic N) is 2. The zero-order valence-corrected chi connectivity index (χ0v) is 18.1. The number of para-hydroxylation sites is 3. The highest BCUT2D eigenvalue weighted by Crippen LogP contribution is 2.38. The van der Waals surface area contributed by atoms with Gasteiger partial charge in [0.05, 0.1) is 30.3 Å². The van der Waals surface area contributed by atoms with Crippen LogP contribution in [0, 0.1) is 0 Å². The molecular formula is C26H21F3N2O2. The van der Waals surface area contributed by atoms with Crippen LogP contribution in [0.1, 0.15) is 11.1 Å². The number of halogens is 3. The second kappa shape index (κ2) is 8.94. The van der Waals surface area contributed by atoms with E-state index in [1.807, 2.05) is 30.3 Å². The van der Waals surface area contributed by atoms with Gasteiger partial charge in [-0.25, -0.2) is 0 Å². The van der Waals surface area contributed by atoms with Gasteiger partial charge in [-0.3, -0.25) is 9.78 Å². The molecule has 0 unspecified atom stereocenters. The van der Waals surface area contributed by atoms with Gasteiger partial charge in [-0.15, -0.1) is 0 Å². The molecule has 7 heteroatoms. The Kier molecular flexibility index (Phi) is 6.05. The van der Waals surface area contributed by atoms with E-state index in [0.29, 0.717) is 33.5 Å². The van der Waals surface area contributed by atoms with Crippen LogP contribution in [-0.2, 0) is 17.4 Å². The molecule has 0 saturated carbocycles. The number of fused-ring (bicyclic) bond motifs is 1. The van der Waals surface area contributed by atoms with Crippen molar-refractivity contribution in [1.82, 2.24) is 4.98 Å². The van der Waals surface area contributed by atoms with Crippen LogP contribution in [0.15, 0.2) is 79.0 Å². The Morgan fingerprint density at radius 1 is 0.970 bits per heavy atom. The van der Waals surface area contributed by atoms with E-state index in [4.69, 9.17) is 4.74 Å². The van der Waals surface area contributed by atoms with Crippen molar-refractivity contribution in [2.24, 2.45) is 0 Å². The first-order chi connectivity index (χ1) is 15.8. The van der Waals surface area contributed by atoms with Crippen LogP contribution in [0.3, 0.4) is 0 Å². The standard InChI is InChI=1S/C26H21F3N2O2/c1-31(21-13-6-7-14-22(21)33-2)23(32)15-18-16-30-25-19(11-8-12-20(25)26(27,28)29)24(18)17-9-4-3-5-10-17/h3-14,16H,15H2,1-2H3. The minimum Gasteiger partial charge on any atom is -0.495 e. The summed E-state index contributed by atoms with van der Waals surface area (Å²) in [6.07, 6.45) is -3.21. The Morgan fingerprint density at radius 3 is 2.36 bits per heavy atom. The molecule has 1 heterocycles. The Balaban J connectivity index is 1.83. The fraction of sp³-hybridized carbons (Fsp3) is 0.154. The van der Waals surface area contributed by atoms with Crippen molar-refractivity contribution in [3.8, 4) is 16.9 Å². The predicted octanol–water partition coefficient (Wildman–Crippen LogP) is 6.13. The lowest BCUT2D eigenvalue weighted by molar-refractivity contribution is -0.136. The maximum Gasteiger partial charge on any atom is 0.418 e. The normalized spacial score (nSPS) is 11.4. The molecule has 0 aliphatic carbocycles. The number of pyridine rings is 1. The average molecular weight is 450 g/mol. The molecule has 0 saturated heterocycles. The van der Waals surface area contributed by atoms with Gasteiger partial charge < -0.3 is 9.64 Å². The minimum absolute atomic E-state index is 0.0437. The number of methoxy groups -OCH3 is 1. The van der Waals surface area contributed by atoms with Crippen molar-refractivity contribution in [2.75, 3.05) is 19.1 Å². The van der Waals surface area contributed by atoms with Crippen LogP contribution in [0.4, 0.5) is 18.9 Å². The topological polar surface area (TPSA) is 42.4 Å². The van der Waals surface area contributed by atoms with Crippen molar-refractivity contribution < 1.29 is 22.7 Å². The lowest BCUT2D eigenvalue weighted by Crippen LogP contribution is -2.28. The summed E-state index contributed by atoms with van der Waals surface area (Å²) in [6.45, 7) is 0. The molecule has 4 rings (SSSR count). The lowest BCUT2D eigenvalue weighted by atomic mass is 9.93. The third kappa shape index (κ3) is 4.39. The molecule has 1 amide bonds. The summed E-state index contributed by atoms with van der Waals surface area (Å²) >= 11 is 0. The third-order valence-electron chi connectivity index (χ3n) is 5.51. The minimum atomic E-state index is -4.54. The van der Waals surface area contributed by atoms with E-state index in [-0.39, 0.29) is 17.8 Å². The second-order valence-corrected chi connectivity index (χ2v) is 7.53. The van der Waals surface area contributed by atoms with Crippen molar-refractivity contribution in [3.05, 3.63) is 90.1 Å². The molecule has 0 spiro atoms. The molecule has 4 aromatic rings. The van der Waals surface area contributed by atoms with Crippen molar-refractivity contribution in [2.45, 2.75) is 12.6 Å². The number of likely N-dealkylation sites (N-methyl/N-ethyl adjacent to an activating group) is 1. The number of ether oxygens (including phenoxy) is 1. The summed E-state index contributed by atoms with van der Waals surface area (Å²) < 4.78 is 46.2. The van der Waals surface area contributed by atoms with E-state index in [1.165, 1.54) is 24.3 Å². The summed E-state index contributed by atoms with van der Waals surface area (Å²) in [5.74, 6) is 0.299. The maximum absolute atomic E-state index is 13.6. The Bertz CT molecular complexity index is 1300. The highest BCUT2D eigenvalue weighted by Gasteiger charge is 2.33. The molecule has 0 N–H and O–H groups in total. The van der Waals surface area contributed by atoms with Gasteiger partial charge >= 0.3 is 6.18 Å². The number of carbonyl (C=O) groups is 1. The first kappa shape index (κ1) is 22.3. The largest absolute Gasteiger partial charge is 0.495 e. The van der Waals surface area contributed by atoms with Crippen LogP contribution in [-0.4, -0.2) is 25.0 Å². The van der Waals surface area contributed by atoms with Gasteiger partial charge in [-0.1, -0.05) is 54.6 Å². The molecule has 0 atom stereocenters. The summed E-state index contributed by atoms with van der Waals surface area (Å²) in [6, 6.07) is 20.2. The molecule has 33 heavy (non-hydrogen) atoms. The lowest BCUT2D eigenvalue weighted by Gasteiger charge is -2.21. The van der Waals surface area contributed by atoms with Crippen LogP contribution >= 0.6 is 0 Å². The summed E-state index contributed by atoms with van der Waals surface area (Å²) in [5.41, 5.74) is 1.47. The van der Waals surface area contributed by atoms with Gasteiger partial charge in [0.1, 0.15) is 5.75 Å². The van der Waals surface area contributed by atoms with Gasteiger partial charge in [0.15, 0.2) is 0 Å². The molecule has 3 aromatic carbocycles. The summed E-state index contributed by atoms with van der Waals surface area (Å²) in [4.78, 5) is 18.8. The first-order valence-corrected chi connectivity index (χ1v) is 10.2. The molecule has 0 bridgehead atoms. The van der Waals surface area contributed by atoms with Crippen molar-refractivity contribution >= 4 is 22.5 Å². The van der Waals surface area contributed by atoms with E-state index in [2.05, 4.69) is 4.98 Å². The molecule has 4 nitrogen and oxygen atoms in total. The van der Waals surface area contributed by atoms with Crippen molar-refractivity contribution in [1.29, 1.82) is 0 Å². The van der Waals surface area contributed by atoms with Crippen LogP contribution in [0.2, 0.25) is 0 Å². The average Bonchev–Trinajstić information content (AvgIpc) is 2.82. The highest BCUT2D eigenvalue weighted by molar-refractivity contribution is 6.01. The summed E-state index contributed by atoms with van der Waals surface area (Å²) in [5, 5.41) is 0.348. The number of amides is 1. The molecule has 0 fully saturated rings. The second-order valence-electron chi connectivity index (χ2n) is 7.53. The molecule has 0 aliphatic rings. The molecule has 168 valence electrons. The van der Waals surface area contributed by atoms with E-state index in [1.54, 1.807) is 37.4 Å². The molecule has 0 aliphatic heterocycles. The van der Waals surface area contributed by atoms with E-state index in [0.717, 1.165) is 6.07 Å². The number of rotatable bonds is 5. The van der Waals surface area contributed by atoms with Gasteiger partial charge in [-0.2, -0.15) is 13.2 Å². The Labute approximate surface area is 189 Å². The molecular weight excluding hydrogens is 429 g/mol.